The summed E-state index contributed by atoms with van der Waals surface area (Å²) in [5.74, 6) is -0.911. The number of aliphatic carboxylic acids is 1. The molecule has 5 heteroatoms. The number of hydrogen-bond donors (Lipinski definition) is 2. The number of nitrogens with one attached hydrogen (secondary N) is 1. The van der Waals surface area contributed by atoms with Gasteiger partial charge in [-0.1, -0.05) is 17.7 Å². The number of hydrogen-bond acceptors (Lipinski definition) is 2. The van der Waals surface area contributed by atoms with E-state index in [2.05, 4.69) is 4.98 Å². The Labute approximate surface area is 115 Å². The molecule has 0 fully saturated rings. The predicted molar refractivity (Wildman–Crippen MR) is 75.0 cm³/mol. The minimum absolute atomic E-state index is 0.0536. The smallest absolute Gasteiger partial charge is 0.303 e. The van der Waals surface area contributed by atoms with Crippen LogP contribution in [0.1, 0.15) is 23.1 Å². The molecule has 1 aromatic carbocycles. The Balaban J connectivity index is 2.66. The Morgan fingerprint density at radius 2 is 2.00 bits per heavy atom. The Hall–Kier alpha value is -1.81. The van der Waals surface area contributed by atoms with Crippen molar-refractivity contribution in [1.29, 1.82) is 0 Å². The fraction of sp³-hybridized carbons (Fsp3) is 0.286. The maximum Gasteiger partial charge on any atom is 0.303 e. The number of aromatic nitrogens is 1. The van der Waals surface area contributed by atoms with Gasteiger partial charge in [0.15, 0.2) is 0 Å². The minimum atomic E-state index is -0.911. The van der Waals surface area contributed by atoms with Gasteiger partial charge >= 0.3 is 5.97 Å². The van der Waals surface area contributed by atoms with Crippen LogP contribution in [0.2, 0.25) is 5.02 Å². The largest absolute Gasteiger partial charge is 0.481 e. The second-order valence-electron chi connectivity index (χ2n) is 4.55. The first-order valence-electron chi connectivity index (χ1n) is 5.94. The van der Waals surface area contributed by atoms with Gasteiger partial charge in [-0.2, -0.15) is 0 Å². The van der Waals surface area contributed by atoms with Gasteiger partial charge in [-0.3, -0.25) is 9.59 Å². The maximum absolute atomic E-state index is 12.0. The Morgan fingerprint density at radius 3 is 2.63 bits per heavy atom. The molecule has 100 valence electrons. The zero-order chi connectivity index (χ0) is 14.2. The van der Waals surface area contributed by atoms with Gasteiger partial charge in [0, 0.05) is 22.4 Å². The topological polar surface area (TPSA) is 70.2 Å². The number of halogens is 1. The number of benzene rings is 1. The van der Waals surface area contributed by atoms with Gasteiger partial charge in [0.2, 0.25) is 0 Å². The first-order chi connectivity index (χ1) is 8.91. The zero-order valence-electron chi connectivity index (χ0n) is 10.7. The van der Waals surface area contributed by atoms with Crippen LogP contribution in [0.4, 0.5) is 0 Å². The molecule has 19 heavy (non-hydrogen) atoms. The van der Waals surface area contributed by atoms with Crippen molar-refractivity contribution in [2.45, 2.75) is 26.7 Å². The fourth-order valence-electron chi connectivity index (χ4n) is 2.21. The van der Waals surface area contributed by atoms with Crippen molar-refractivity contribution in [3.05, 3.63) is 44.2 Å². The maximum atomic E-state index is 12.0. The highest BCUT2D eigenvalue weighted by Crippen LogP contribution is 2.26. The highest BCUT2D eigenvalue weighted by Gasteiger charge is 2.12. The average molecular weight is 280 g/mol. The molecule has 2 aromatic rings. The van der Waals surface area contributed by atoms with E-state index in [9.17, 15) is 9.59 Å². The summed E-state index contributed by atoms with van der Waals surface area (Å²) in [6, 6.07) is 3.63. The van der Waals surface area contributed by atoms with Crippen LogP contribution in [-0.2, 0) is 11.2 Å². The lowest BCUT2D eigenvalue weighted by Crippen LogP contribution is -2.16. The van der Waals surface area contributed by atoms with Crippen molar-refractivity contribution in [2.24, 2.45) is 0 Å². The van der Waals surface area contributed by atoms with Crippen LogP contribution in [0, 0.1) is 13.8 Å². The molecule has 0 aliphatic carbocycles. The molecule has 0 unspecified atom stereocenters. The average Bonchev–Trinajstić information content (AvgIpc) is 2.34. The van der Waals surface area contributed by atoms with Crippen LogP contribution < -0.4 is 5.56 Å². The highest BCUT2D eigenvalue weighted by molar-refractivity contribution is 6.32. The van der Waals surface area contributed by atoms with E-state index in [4.69, 9.17) is 16.7 Å². The van der Waals surface area contributed by atoms with Gasteiger partial charge < -0.3 is 10.1 Å². The van der Waals surface area contributed by atoms with Gasteiger partial charge in [-0.15, -0.1) is 0 Å². The summed E-state index contributed by atoms with van der Waals surface area (Å²) in [7, 11) is 0. The van der Waals surface area contributed by atoms with Gasteiger partial charge in [0.25, 0.3) is 5.56 Å². The lowest BCUT2D eigenvalue weighted by Gasteiger charge is -2.10. The molecule has 1 heterocycles. The standard InChI is InChI=1S/C14H14ClNO3/c1-7-9-3-5-11(15)8(2)13(9)16-14(19)10(7)4-6-12(17)18/h3,5H,4,6H2,1-2H3,(H,16,19)(H,17,18). The van der Waals surface area contributed by atoms with Crippen LogP contribution in [0.15, 0.2) is 16.9 Å². The second kappa shape index (κ2) is 5.05. The summed E-state index contributed by atoms with van der Waals surface area (Å²) in [4.78, 5) is 25.5. The molecule has 0 aliphatic heterocycles. The number of pyridine rings is 1. The Kier molecular flexibility index (Phi) is 3.62. The molecule has 0 spiro atoms. The van der Waals surface area contributed by atoms with Crippen molar-refractivity contribution in [1.82, 2.24) is 4.98 Å². The normalized spacial score (nSPS) is 10.9. The lowest BCUT2D eigenvalue weighted by atomic mass is 9.99. The number of aryl methyl sites for hydroxylation is 2. The Morgan fingerprint density at radius 1 is 1.32 bits per heavy atom. The van der Waals surface area contributed by atoms with E-state index in [0.29, 0.717) is 16.1 Å². The number of carboxylic acid groups (broad SMARTS) is 1. The summed E-state index contributed by atoms with van der Waals surface area (Å²) in [6.07, 6.45) is 0.177. The van der Waals surface area contributed by atoms with Crippen molar-refractivity contribution in [2.75, 3.05) is 0 Å². The molecular formula is C14H14ClNO3. The van der Waals surface area contributed by atoms with E-state index in [1.54, 1.807) is 6.07 Å². The van der Waals surface area contributed by atoms with E-state index in [-0.39, 0.29) is 18.4 Å². The second-order valence-corrected chi connectivity index (χ2v) is 4.95. The van der Waals surface area contributed by atoms with Crippen molar-refractivity contribution < 1.29 is 9.90 Å². The summed E-state index contributed by atoms with van der Waals surface area (Å²) in [5, 5.41) is 10.2. The van der Waals surface area contributed by atoms with Gasteiger partial charge in [0.1, 0.15) is 0 Å². The van der Waals surface area contributed by atoms with Crippen LogP contribution >= 0.6 is 11.6 Å². The number of carbonyl (C=O) groups is 1. The van der Waals surface area contributed by atoms with E-state index >= 15 is 0 Å². The summed E-state index contributed by atoms with van der Waals surface area (Å²) in [5.41, 5.74) is 2.64. The quantitative estimate of drug-likeness (QED) is 0.907. The van der Waals surface area contributed by atoms with Gasteiger partial charge in [0.05, 0.1) is 5.52 Å². The molecule has 0 aliphatic rings. The first kappa shape index (κ1) is 13.6. The van der Waals surface area contributed by atoms with Crippen molar-refractivity contribution in [3.8, 4) is 0 Å². The third kappa shape index (κ3) is 2.49. The minimum Gasteiger partial charge on any atom is -0.481 e. The van der Waals surface area contributed by atoms with Crippen molar-refractivity contribution >= 4 is 28.5 Å². The fourth-order valence-corrected chi connectivity index (χ4v) is 2.37. The molecule has 0 radical (unpaired) electrons. The molecule has 4 nitrogen and oxygen atoms in total. The molecule has 0 amide bonds. The van der Waals surface area contributed by atoms with E-state index in [1.165, 1.54) is 0 Å². The molecule has 2 rings (SSSR count). The molecule has 1 aromatic heterocycles. The number of aromatic amines is 1. The van der Waals surface area contributed by atoms with E-state index < -0.39 is 5.97 Å². The predicted octanol–water partition coefficient (Wildman–Crippen LogP) is 2.82. The first-order valence-corrected chi connectivity index (χ1v) is 6.32. The third-order valence-electron chi connectivity index (χ3n) is 3.36. The monoisotopic (exact) mass is 279 g/mol. The van der Waals surface area contributed by atoms with E-state index in [0.717, 1.165) is 16.5 Å². The molecule has 2 N–H and O–H groups in total. The van der Waals surface area contributed by atoms with E-state index in [1.807, 2.05) is 19.9 Å². The van der Waals surface area contributed by atoms with Gasteiger partial charge in [-0.05, 0) is 37.5 Å². The van der Waals surface area contributed by atoms with Crippen LogP contribution in [0.5, 0.6) is 0 Å². The molecule has 0 saturated carbocycles. The number of carboxylic acids is 1. The zero-order valence-corrected chi connectivity index (χ0v) is 11.5. The lowest BCUT2D eigenvalue weighted by molar-refractivity contribution is -0.136. The number of rotatable bonds is 3. The number of H-pyrrole nitrogens is 1. The van der Waals surface area contributed by atoms with Crippen LogP contribution in [0.25, 0.3) is 10.9 Å². The molecular weight excluding hydrogens is 266 g/mol. The highest BCUT2D eigenvalue weighted by atomic mass is 35.5. The summed E-state index contributed by atoms with van der Waals surface area (Å²) in [6.45, 7) is 3.68. The third-order valence-corrected chi connectivity index (χ3v) is 3.77. The molecule has 0 saturated heterocycles. The summed E-state index contributed by atoms with van der Waals surface area (Å²) < 4.78 is 0. The van der Waals surface area contributed by atoms with Gasteiger partial charge in [-0.25, -0.2) is 0 Å². The molecule has 0 bridgehead atoms. The van der Waals surface area contributed by atoms with Crippen LogP contribution in [-0.4, -0.2) is 16.1 Å². The SMILES string of the molecule is Cc1c(CCC(=O)O)c(=O)[nH]c2c(C)c(Cl)ccc12. The molecule has 0 atom stereocenters. The van der Waals surface area contributed by atoms with Crippen LogP contribution in [0.3, 0.4) is 0 Å². The summed E-state index contributed by atoms with van der Waals surface area (Å²) >= 11 is 6.04. The Bertz CT molecular complexity index is 719. The number of fused-ring (bicyclic) bond motifs is 1. The van der Waals surface area contributed by atoms with Crippen molar-refractivity contribution in [3.63, 3.8) is 0 Å².